The van der Waals surface area contributed by atoms with Crippen molar-refractivity contribution in [2.45, 2.75) is 19.8 Å². The van der Waals surface area contributed by atoms with Gasteiger partial charge in [0.05, 0.1) is 13.2 Å². The molecule has 0 aliphatic carbocycles. The molecule has 1 aromatic rings. The van der Waals surface area contributed by atoms with Gasteiger partial charge >= 0.3 is 5.97 Å². The Morgan fingerprint density at radius 1 is 1.12 bits per heavy atom. The lowest BCUT2D eigenvalue weighted by Crippen LogP contribution is -2.05. The molecule has 0 saturated heterocycles. The van der Waals surface area contributed by atoms with Crippen molar-refractivity contribution in [2.24, 2.45) is 0 Å². The Morgan fingerprint density at radius 3 is 2.44 bits per heavy atom. The van der Waals surface area contributed by atoms with Crippen LogP contribution >= 0.6 is 0 Å². The van der Waals surface area contributed by atoms with Gasteiger partial charge in [0, 0.05) is 24.0 Å². The Bertz CT molecular complexity index is 455. The van der Waals surface area contributed by atoms with E-state index in [0.717, 1.165) is 28.9 Å². The third kappa shape index (κ3) is 1.07. The van der Waals surface area contributed by atoms with E-state index in [1.165, 1.54) is 0 Å². The van der Waals surface area contributed by atoms with Crippen molar-refractivity contribution in [1.82, 2.24) is 0 Å². The number of fused-ring (bicyclic) bond motifs is 2. The molecule has 0 radical (unpaired) electrons. The van der Waals surface area contributed by atoms with Gasteiger partial charge in [-0.3, -0.25) is 0 Å². The Hall–Kier alpha value is -1.71. The van der Waals surface area contributed by atoms with Crippen LogP contribution in [0.1, 0.15) is 27.0 Å². The topological polar surface area (TPSA) is 55.8 Å². The third-order valence-corrected chi connectivity index (χ3v) is 3.28. The number of carboxylic acid groups (broad SMARTS) is 1. The fourth-order valence-electron chi connectivity index (χ4n) is 2.57. The summed E-state index contributed by atoms with van der Waals surface area (Å²) in [6, 6.07) is 0. The van der Waals surface area contributed by atoms with Crippen molar-refractivity contribution in [3.05, 3.63) is 22.3 Å². The quantitative estimate of drug-likeness (QED) is 0.780. The van der Waals surface area contributed by atoms with E-state index in [0.29, 0.717) is 30.9 Å². The molecule has 1 aromatic carbocycles. The molecule has 4 heteroatoms. The van der Waals surface area contributed by atoms with E-state index in [1.54, 1.807) is 0 Å². The summed E-state index contributed by atoms with van der Waals surface area (Å²) >= 11 is 0. The van der Waals surface area contributed by atoms with Crippen LogP contribution in [0.15, 0.2) is 0 Å². The van der Waals surface area contributed by atoms with Crippen LogP contribution in [0.3, 0.4) is 0 Å². The summed E-state index contributed by atoms with van der Waals surface area (Å²) in [5, 5.41) is 9.27. The molecule has 84 valence electrons. The minimum atomic E-state index is -0.917. The van der Waals surface area contributed by atoms with Crippen molar-refractivity contribution in [3.8, 4) is 11.5 Å². The van der Waals surface area contributed by atoms with Crippen LogP contribution in [0.25, 0.3) is 0 Å². The second-order valence-electron chi connectivity index (χ2n) is 4.12. The van der Waals surface area contributed by atoms with Crippen molar-refractivity contribution in [3.63, 3.8) is 0 Å². The van der Waals surface area contributed by atoms with Gasteiger partial charge in [-0.05, 0) is 12.5 Å². The highest BCUT2D eigenvalue weighted by atomic mass is 16.5. The van der Waals surface area contributed by atoms with Crippen LogP contribution in [0, 0.1) is 6.92 Å². The Labute approximate surface area is 92.8 Å². The second kappa shape index (κ2) is 3.14. The lowest BCUT2D eigenvalue weighted by molar-refractivity contribution is 0.0692. The molecule has 0 amide bonds. The predicted octanol–water partition coefficient (Wildman–Crippen LogP) is 1.56. The van der Waals surface area contributed by atoms with Crippen LogP contribution in [-0.2, 0) is 12.8 Å². The van der Waals surface area contributed by atoms with Gasteiger partial charge in [-0.1, -0.05) is 0 Å². The Kier molecular flexibility index (Phi) is 1.87. The molecule has 0 atom stereocenters. The molecule has 4 nitrogen and oxygen atoms in total. The number of carbonyl (C=O) groups is 1. The third-order valence-electron chi connectivity index (χ3n) is 3.28. The summed E-state index contributed by atoms with van der Waals surface area (Å²) in [5.41, 5.74) is 3.15. The minimum Gasteiger partial charge on any atom is -0.493 e. The number of hydrogen-bond acceptors (Lipinski definition) is 3. The van der Waals surface area contributed by atoms with Crippen LogP contribution in [0.5, 0.6) is 11.5 Å². The summed E-state index contributed by atoms with van der Waals surface area (Å²) in [7, 11) is 0. The maximum Gasteiger partial charge on any atom is 0.339 e. The van der Waals surface area contributed by atoms with Gasteiger partial charge in [-0.2, -0.15) is 0 Å². The number of benzene rings is 1. The first-order valence-corrected chi connectivity index (χ1v) is 5.37. The summed E-state index contributed by atoms with van der Waals surface area (Å²) in [4.78, 5) is 11.3. The molecule has 0 spiro atoms. The van der Waals surface area contributed by atoms with Crippen molar-refractivity contribution >= 4 is 5.97 Å². The van der Waals surface area contributed by atoms with E-state index >= 15 is 0 Å². The van der Waals surface area contributed by atoms with Gasteiger partial charge in [0.2, 0.25) is 0 Å². The highest BCUT2D eigenvalue weighted by Crippen LogP contribution is 2.43. The fourth-order valence-corrected chi connectivity index (χ4v) is 2.57. The zero-order valence-corrected chi connectivity index (χ0v) is 9.00. The van der Waals surface area contributed by atoms with E-state index in [4.69, 9.17) is 9.47 Å². The molecule has 0 unspecified atom stereocenters. The highest BCUT2D eigenvalue weighted by molar-refractivity contribution is 5.95. The maximum absolute atomic E-state index is 11.3. The van der Waals surface area contributed by atoms with E-state index in [2.05, 4.69) is 0 Å². The molecule has 0 bridgehead atoms. The van der Waals surface area contributed by atoms with Crippen molar-refractivity contribution in [2.75, 3.05) is 13.2 Å². The molecule has 0 saturated carbocycles. The van der Waals surface area contributed by atoms with Gasteiger partial charge in [0.1, 0.15) is 17.1 Å². The van der Waals surface area contributed by atoms with Crippen LogP contribution < -0.4 is 9.47 Å². The zero-order valence-electron chi connectivity index (χ0n) is 9.00. The molecule has 2 aliphatic rings. The Morgan fingerprint density at radius 2 is 1.75 bits per heavy atom. The molecule has 16 heavy (non-hydrogen) atoms. The minimum absolute atomic E-state index is 0.311. The Balaban J connectivity index is 2.36. The number of aromatic carboxylic acids is 1. The smallest absolute Gasteiger partial charge is 0.339 e. The lowest BCUT2D eigenvalue weighted by Gasteiger charge is -2.12. The van der Waals surface area contributed by atoms with Crippen molar-refractivity contribution < 1.29 is 19.4 Å². The molecule has 3 rings (SSSR count). The largest absolute Gasteiger partial charge is 0.493 e. The summed E-state index contributed by atoms with van der Waals surface area (Å²) in [6.07, 6.45) is 1.44. The van der Waals surface area contributed by atoms with E-state index in [9.17, 15) is 9.90 Å². The normalized spacial score (nSPS) is 16.3. The molecule has 0 fully saturated rings. The molecule has 1 N–H and O–H groups in total. The van der Waals surface area contributed by atoms with Crippen LogP contribution in [0.2, 0.25) is 0 Å². The number of hydrogen-bond donors (Lipinski definition) is 1. The zero-order chi connectivity index (χ0) is 11.3. The predicted molar refractivity (Wildman–Crippen MR) is 56.5 cm³/mol. The first kappa shape index (κ1) is 9.51. The summed E-state index contributed by atoms with van der Waals surface area (Å²) < 4.78 is 11.0. The number of ether oxygens (including phenoxy) is 2. The van der Waals surface area contributed by atoms with Crippen LogP contribution in [-0.4, -0.2) is 24.3 Å². The number of rotatable bonds is 1. The SMILES string of the molecule is Cc1c2c(c(C(=O)O)c3c1OCC3)OCC2. The average Bonchev–Trinajstić information content (AvgIpc) is 2.84. The molecular formula is C12H12O4. The van der Waals surface area contributed by atoms with Crippen molar-refractivity contribution in [1.29, 1.82) is 0 Å². The van der Waals surface area contributed by atoms with Gasteiger partial charge in [-0.15, -0.1) is 0 Å². The lowest BCUT2D eigenvalue weighted by atomic mass is 9.95. The average molecular weight is 220 g/mol. The van der Waals surface area contributed by atoms with E-state index in [1.807, 2.05) is 6.92 Å². The van der Waals surface area contributed by atoms with Gasteiger partial charge in [0.15, 0.2) is 0 Å². The molecule has 2 aliphatic heterocycles. The fraction of sp³-hybridized carbons (Fsp3) is 0.417. The highest BCUT2D eigenvalue weighted by Gasteiger charge is 2.32. The van der Waals surface area contributed by atoms with Gasteiger partial charge < -0.3 is 14.6 Å². The first-order valence-electron chi connectivity index (χ1n) is 5.37. The van der Waals surface area contributed by atoms with Gasteiger partial charge in [-0.25, -0.2) is 4.79 Å². The first-order chi connectivity index (χ1) is 7.70. The molecule has 2 heterocycles. The monoisotopic (exact) mass is 220 g/mol. The van der Waals surface area contributed by atoms with E-state index in [-0.39, 0.29) is 0 Å². The van der Waals surface area contributed by atoms with E-state index < -0.39 is 5.97 Å². The standard InChI is InChI=1S/C12H12O4/c1-6-7-2-4-16-11(7)9(12(13)14)8-3-5-15-10(6)8/h2-5H2,1H3,(H,13,14). The maximum atomic E-state index is 11.3. The van der Waals surface area contributed by atoms with Gasteiger partial charge in [0.25, 0.3) is 0 Å². The van der Waals surface area contributed by atoms with Crippen LogP contribution in [0.4, 0.5) is 0 Å². The molecular weight excluding hydrogens is 208 g/mol. The molecule has 0 aromatic heterocycles. The summed E-state index contributed by atoms with van der Waals surface area (Å²) in [5.74, 6) is 0.413. The summed E-state index contributed by atoms with van der Waals surface area (Å²) in [6.45, 7) is 3.11. The second-order valence-corrected chi connectivity index (χ2v) is 4.12. The number of carboxylic acids is 1.